The molecule has 0 fully saturated rings. The average molecular weight is 505 g/mol. The average Bonchev–Trinajstić information content (AvgIpc) is 3.20. The van der Waals surface area contributed by atoms with Crippen LogP contribution in [-0.2, 0) is 13.2 Å². The Hall–Kier alpha value is -4.23. The Morgan fingerprint density at radius 3 is 2.36 bits per heavy atom. The molecule has 5 rings (SSSR count). The Balaban J connectivity index is 1.57. The fraction of sp³-hybridized carbons (Fsp3) is 0.0714. The van der Waals surface area contributed by atoms with Gasteiger partial charge in [0.25, 0.3) is 0 Å². The quantitative estimate of drug-likeness (QED) is 0.260. The lowest BCUT2D eigenvalue weighted by molar-refractivity contribution is 0.0697. The first-order valence-electron chi connectivity index (χ1n) is 11.0. The summed E-state index contributed by atoms with van der Waals surface area (Å²) in [7, 11) is 0. The predicted octanol–water partition coefficient (Wildman–Crippen LogP) is 6.96. The van der Waals surface area contributed by atoms with Gasteiger partial charge >= 0.3 is 5.97 Å². The van der Waals surface area contributed by atoms with Crippen LogP contribution in [0.15, 0.2) is 84.9 Å². The van der Waals surface area contributed by atoms with Gasteiger partial charge in [0.05, 0.1) is 22.2 Å². The normalized spacial score (nSPS) is 11.1. The van der Waals surface area contributed by atoms with Gasteiger partial charge in [-0.25, -0.2) is 18.6 Å². The van der Waals surface area contributed by atoms with Crippen LogP contribution in [0.2, 0.25) is 5.02 Å². The second kappa shape index (κ2) is 9.79. The molecule has 0 bridgehead atoms. The molecule has 0 saturated heterocycles. The minimum absolute atomic E-state index is 0.148. The maximum atomic E-state index is 14.2. The van der Waals surface area contributed by atoms with Gasteiger partial charge in [0.1, 0.15) is 18.2 Å². The molecule has 1 N–H and O–H groups in total. The van der Waals surface area contributed by atoms with Crippen LogP contribution in [-0.4, -0.2) is 20.6 Å². The number of halogens is 3. The van der Waals surface area contributed by atoms with Crippen molar-refractivity contribution in [2.24, 2.45) is 0 Å². The van der Waals surface area contributed by atoms with Crippen molar-refractivity contribution in [1.82, 2.24) is 9.55 Å². The molecule has 5 aromatic rings. The molecule has 0 aliphatic rings. The summed E-state index contributed by atoms with van der Waals surface area (Å²) >= 11 is 6.26. The van der Waals surface area contributed by atoms with E-state index < -0.39 is 17.6 Å². The van der Waals surface area contributed by atoms with Crippen LogP contribution in [0, 0.1) is 11.6 Å². The third-order valence-corrected chi connectivity index (χ3v) is 5.99. The number of benzene rings is 4. The van der Waals surface area contributed by atoms with Crippen LogP contribution >= 0.6 is 11.6 Å². The lowest BCUT2D eigenvalue weighted by atomic mass is 10.1. The fourth-order valence-electron chi connectivity index (χ4n) is 3.96. The van der Waals surface area contributed by atoms with Crippen LogP contribution in [0.5, 0.6) is 5.75 Å². The van der Waals surface area contributed by atoms with Crippen molar-refractivity contribution in [2.75, 3.05) is 0 Å². The highest BCUT2D eigenvalue weighted by atomic mass is 35.5. The smallest absolute Gasteiger partial charge is 0.335 e. The summed E-state index contributed by atoms with van der Waals surface area (Å²) in [5, 5.41) is 9.54. The van der Waals surface area contributed by atoms with Crippen molar-refractivity contribution >= 4 is 28.6 Å². The maximum Gasteiger partial charge on any atom is 0.335 e. The highest BCUT2D eigenvalue weighted by molar-refractivity contribution is 6.30. The predicted molar refractivity (Wildman–Crippen MR) is 133 cm³/mol. The SMILES string of the molecule is O=C(O)c1ccc(COc2cc(Cl)ccc2-c2nc3cc(F)c(F)cc3n2Cc2ccccc2)cc1. The van der Waals surface area contributed by atoms with Crippen LogP contribution in [0.3, 0.4) is 0 Å². The summed E-state index contributed by atoms with van der Waals surface area (Å²) in [6.07, 6.45) is 0. The Morgan fingerprint density at radius 1 is 0.917 bits per heavy atom. The summed E-state index contributed by atoms with van der Waals surface area (Å²) < 4.78 is 36.1. The molecule has 5 nitrogen and oxygen atoms in total. The zero-order valence-electron chi connectivity index (χ0n) is 18.8. The second-order valence-electron chi connectivity index (χ2n) is 8.19. The first-order valence-corrected chi connectivity index (χ1v) is 11.4. The highest BCUT2D eigenvalue weighted by Gasteiger charge is 2.19. The minimum Gasteiger partial charge on any atom is -0.488 e. The van der Waals surface area contributed by atoms with Crippen molar-refractivity contribution in [3.63, 3.8) is 0 Å². The summed E-state index contributed by atoms with van der Waals surface area (Å²) in [5.41, 5.74) is 3.24. The minimum atomic E-state index is -1.01. The van der Waals surface area contributed by atoms with Gasteiger partial charge in [-0.2, -0.15) is 0 Å². The summed E-state index contributed by atoms with van der Waals surface area (Å²) in [5.74, 6) is -2.05. The van der Waals surface area contributed by atoms with E-state index in [1.807, 2.05) is 34.9 Å². The lowest BCUT2D eigenvalue weighted by Gasteiger charge is -2.14. The molecule has 0 spiro atoms. The number of hydrogen-bond donors (Lipinski definition) is 1. The van der Waals surface area contributed by atoms with Crippen molar-refractivity contribution in [3.8, 4) is 17.1 Å². The van der Waals surface area contributed by atoms with Crippen molar-refractivity contribution < 1.29 is 23.4 Å². The fourth-order valence-corrected chi connectivity index (χ4v) is 4.12. The number of fused-ring (bicyclic) bond motifs is 1. The molecule has 1 aromatic heterocycles. The number of hydrogen-bond acceptors (Lipinski definition) is 3. The Labute approximate surface area is 210 Å². The molecule has 0 unspecified atom stereocenters. The van der Waals surface area contributed by atoms with Gasteiger partial charge in [0, 0.05) is 23.7 Å². The number of carbonyl (C=O) groups is 1. The van der Waals surface area contributed by atoms with Crippen molar-refractivity contribution in [2.45, 2.75) is 13.2 Å². The van der Waals surface area contributed by atoms with E-state index in [9.17, 15) is 13.6 Å². The maximum absolute atomic E-state index is 14.2. The van der Waals surface area contributed by atoms with Gasteiger partial charge in [-0.15, -0.1) is 0 Å². The van der Waals surface area contributed by atoms with Crippen LogP contribution in [0.1, 0.15) is 21.5 Å². The Kier molecular flexibility index (Phi) is 6.40. The number of aromatic nitrogens is 2. The third-order valence-electron chi connectivity index (χ3n) is 5.75. The van der Waals surface area contributed by atoms with E-state index >= 15 is 0 Å². The van der Waals surface area contributed by atoms with E-state index in [0.717, 1.165) is 23.3 Å². The summed E-state index contributed by atoms with van der Waals surface area (Å²) in [6, 6.07) is 23.3. The number of ether oxygens (including phenoxy) is 1. The van der Waals surface area contributed by atoms with Crippen molar-refractivity contribution in [3.05, 3.63) is 118 Å². The van der Waals surface area contributed by atoms with E-state index in [4.69, 9.17) is 21.4 Å². The molecule has 0 aliphatic carbocycles. The molecule has 8 heteroatoms. The molecule has 1 heterocycles. The van der Waals surface area contributed by atoms with E-state index in [2.05, 4.69) is 4.98 Å². The molecular weight excluding hydrogens is 486 g/mol. The van der Waals surface area contributed by atoms with Gasteiger partial charge in [-0.3, -0.25) is 0 Å². The molecular formula is C28H19ClF2N2O3. The molecule has 0 saturated carbocycles. The molecule has 4 aromatic carbocycles. The molecule has 0 radical (unpaired) electrons. The zero-order chi connectivity index (χ0) is 25.2. The Bertz CT molecular complexity index is 1570. The number of carboxylic acid groups (broad SMARTS) is 1. The summed E-state index contributed by atoms with van der Waals surface area (Å²) in [4.78, 5) is 15.7. The van der Waals surface area contributed by atoms with Crippen molar-refractivity contribution in [1.29, 1.82) is 0 Å². The number of nitrogens with zero attached hydrogens (tertiary/aromatic N) is 2. The number of aromatic carboxylic acids is 1. The molecule has 0 amide bonds. The van der Waals surface area contributed by atoms with E-state index in [0.29, 0.717) is 39.7 Å². The molecule has 0 aliphatic heterocycles. The van der Waals surface area contributed by atoms with Gasteiger partial charge in [0.15, 0.2) is 11.6 Å². The second-order valence-corrected chi connectivity index (χ2v) is 8.63. The van der Waals surface area contributed by atoms with E-state index in [-0.39, 0.29) is 12.2 Å². The first-order chi connectivity index (χ1) is 17.4. The van der Waals surface area contributed by atoms with Gasteiger partial charge in [0.2, 0.25) is 0 Å². The first kappa shape index (κ1) is 23.5. The largest absolute Gasteiger partial charge is 0.488 e. The lowest BCUT2D eigenvalue weighted by Crippen LogP contribution is -2.04. The summed E-state index contributed by atoms with van der Waals surface area (Å²) in [6.45, 7) is 0.520. The monoisotopic (exact) mass is 504 g/mol. The number of carboxylic acids is 1. The molecule has 36 heavy (non-hydrogen) atoms. The van der Waals surface area contributed by atoms with E-state index in [1.165, 1.54) is 12.1 Å². The number of rotatable bonds is 7. The van der Waals surface area contributed by atoms with Crippen LogP contribution in [0.25, 0.3) is 22.4 Å². The molecule has 0 atom stereocenters. The Morgan fingerprint density at radius 2 is 1.64 bits per heavy atom. The topological polar surface area (TPSA) is 64.3 Å². The van der Waals surface area contributed by atoms with Gasteiger partial charge < -0.3 is 14.4 Å². The highest BCUT2D eigenvalue weighted by Crippen LogP contribution is 2.35. The molecule has 180 valence electrons. The standard InChI is InChI=1S/C28H19ClF2N2O3/c29-20-10-11-21(26(12-20)36-16-18-6-8-19(9-7-18)28(34)35)27-32-24-13-22(30)23(31)14-25(24)33(27)15-17-4-2-1-3-5-17/h1-14H,15-16H2,(H,34,35). The number of imidazole rings is 1. The zero-order valence-corrected chi connectivity index (χ0v) is 19.5. The third kappa shape index (κ3) is 4.78. The van der Waals surface area contributed by atoms with Crippen LogP contribution in [0.4, 0.5) is 8.78 Å². The van der Waals surface area contributed by atoms with Crippen LogP contribution < -0.4 is 4.74 Å². The van der Waals surface area contributed by atoms with E-state index in [1.54, 1.807) is 30.3 Å². The van der Waals surface area contributed by atoms with Gasteiger partial charge in [-0.1, -0.05) is 54.1 Å². The van der Waals surface area contributed by atoms with Gasteiger partial charge in [-0.05, 0) is 41.5 Å².